The van der Waals surface area contributed by atoms with Gasteiger partial charge in [-0.1, -0.05) is 35.3 Å². The van der Waals surface area contributed by atoms with Crippen molar-refractivity contribution in [2.24, 2.45) is 0 Å². The summed E-state index contributed by atoms with van der Waals surface area (Å²) in [4.78, 5) is 8.77. The molecule has 19 heavy (non-hydrogen) atoms. The first-order chi connectivity index (χ1) is 9.13. The van der Waals surface area contributed by atoms with E-state index < -0.39 is 0 Å². The summed E-state index contributed by atoms with van der Waals surface area (Å²) in [5.41, 5.74) is 7.38. The smallest absolute Gasteiger partial charge is 0.142 e. The van der Waals surface area contributed by atoms with Crippen LogP contribution in [0, 0.1) is 0 Å². The molecular formula is C13H9Cl2N3S. The molecule has 0 atom stereocenters. The minimum absolute atomic E-state index is 0.294. The van der Waals surface area contributed by atoms with Crippen LogP contribution in [0.1, 0.15) is 10.7 Å². The zero-order chi connectivity index (χ0) is 13.4. The number of aromatic nitrogens is 2. The van der Waals surface area contributed by atoms with E-state index >= 15 is 0 Å². The van der Waals surface area contributed by atoms with Gasteiger partial charge >= 0.3 is 0 Å². The van der Waals surface area contributed by atoms with Crippen LogP contribution >= 0.6 is 34.5 Å². The molecule has 1 aromatic carbocycles. The Morgan fingerprint density at radius 1 is 1.11 bits per heavy atom. The van der Waals surface area contributed by atoms with Gasteiger partial charge in [-0.2, -0.15) is 0 Å². The number of nitrogens with two attached hydrogens (primary N) is 1. The summed E-state index contributed by atoms with van der Waals surface area (Å²) in [5, 5.41) is 1.84. The molecule has 0 aliphatic rings. The Hall–Kier alpha value is -1.36. The molecule has 0 saturated heterocycles. The van der Waals surface area contributed by atoms with Gasteiger partial charge in [0, 0.05) is 6.42 Å². The van der Waals surface area contributed by atoms with Crippen LogP contribution in [0.15, 0.2) is 30.3 Å². The van der Waals surface area contributed by atoms with E-state index in [-0.39, 0.29) is 0 Å². The summed E-state index contributed by atoms with van der Waals surface area (Å²) in [7, 11) is 0. The van der Waals surface area contributed by atoms with Crippen LogP contribution in [0.2, 0.25) is 10.0 Å². The van der Waals surface area contributed by atoms with E-state index in [9.17, 15) is 0 Å². The van der Waals surface area contributed by atoms with Crippen molar-refractivity contribution in [1.29, 1.82) is 0 Å². The molecule has 0 aliphatic carbocycles. The molecule has 3 nitrogen and oxygen atoms in total. The minimum atomic E-state index is 0.294. The maximum absolute atomic E-state index is 6.12. The Bertz CT molecular complexity index is 722. The van der Waals surface area contributed by atoms with Gasteiger partial charge in [0.25, 0.3) is 0 Å². The van der Waals surface area contributed by atoms with E-state index in [2.05, 4.69) is 9.97 Å². The maximum atomic E-state index is 6.12. The molecule has 3 rings (SSSR count). The fourth-order valence-electron chi connectivity index (χ4n) is 1.78. The fraction of sp³-hybridized carbons (Fsp3) is 0.0769. The molecule has 2 N–H and O–H groups in total. The number of hydrogen-bond donors (Lipinski definition) is 1. The lowest BCUT2D eigenvalue weighted by molar-refractivity contribution is 1.06. The average Bonchev–Trinajstić information content (AvgIpc) is 2.78. The van der Waals surface area contributed by atoms with Crippen molar-refractivity contribution in [1.82, 2.24) is 9.97 Å². The molecule has 2 heterocycles. The first kappa shape index (κ1) is 12.7. The topological polar surface area (TPSA) is 51.8 Å². The highest BCUT2D eigenvalue weighted by atomic mass is 35.5. The Balaban J connectivity index is 1.98. The maximum Gasteiger partial charge on any atom is 0.142 e. The highest BCUT2D eigenvalue weighted by Gasteiger charge is 2.11. The lowest BCUT2D eigenvalue weighted by Gasteiger charge is -2.04. The van der Waals surface area contributed by atoms with Crippen molar-refractivity contribution in [2.75, 3.05) is 5.73 Å². The number of para-hydroxylation sites is 1. The van der Waals surface area contributed by atoms with E-state index in [1.165, 1.54) is 0 Å². The summed E-state index contributed by atoms with van der Waals surface area (Å²) >= 11 is 13.6. The van der Waals surface area contributed by atoms with Gasteiger partial charge in [-0.3, -0.25) is 0 Å². The van der Waals surface area contributed by atoms with Crippen molar-refractivity contribution in [3.63, 3.8) is 0 Å². The summed E-state index contributed by atoms with van der Waals surface area (Å²) in [6, 6.07) is 9.61. The Morgan fingerprint density at radius 3 is 2.68 bits per heavy atom. The van der Waals surface area contributed by atoms with Gasteiger partial charge in [-0.25, -0.2) is 9.97 Å². The van der Waals surface area contributed by atoms with E-state index in [1.807, 2.05) is 24.3 Å². The first-order valence-corrected chi connectivity index (χ1v) is 7.15. The third kappa shape index (κ3) is 2.52. The van der Waals surface area contributed by atoms with E-state index in [4.69, 9.17) is 28.9 Å². The highest BCUT2D eigenvalue weighted by Crippen LogP contribution is 2.28. The third-order valence-corrected chi connectivity index (χ3v) is 4.35. The van der Waals surface area contributed by atoms with Crippen molar-refractivity contribution in [3.05, 3.63) is 51.1 Å². The highest BCUT2D eigenvalue weighted by molar-refractivity contribution is 7.18. The lowest BCUT2D eigenvalue weighted by Crippen LogP contribution is -1.98. The van der Waals surface area contributed by atoms with Crippen LogP contribution in [0.4, 0.5) is 5.82 Å². The molecule has 0 radical (unpaired) electrons. The van der Waals surface area contributed by atoms with Crippen LogP contribution in [0.3, 0.4) is 0 Å². The van der Waals surface area contributed by atoms with Crippen molar-refractivity contribution in [3.8, 4) is 0 Å². The zero-order valence-electron chi connectivity index (χ0n) is 9.73. The summed E-state index contributed by atoms with van der Waals surface area (Å²) in [5.74, 6) is 0.294. The Labute approximate surface area is 124 Å². The number of rotatable bonds is 2. The number of hydrogen-bond acceptors (Lipinski definition) is 4. The number of nitrogens with zero attached hydrogens (tertiary/aromatic N) is 2. The van der Waals surface area contributed by atoms with Gasteiger partial charge < -0.3 is 5.73 Å². The van der Waals surface area contributed by atoms with Gasteiger partial charge in [0.15, 0.2) is 0 Å². The molecule has 0 saturated carbocycles. The molecule has 96 valence electrons. The quantitative estimate of drug-likeness (QED) is 0.773. The second-order valence-corrected chi connectivity index (χ2v) is 5.97. The average molecular weight is 310 g/mol. The number of benzene rings is 1. The largest absolute Gasteiger partial charge is 0.382 e. The fourth-order valence-corrected chi connectivity index (χ4v) is 3.18. The standard InChI is InChI=1S/C13H9Cl2N3S/c14-7-5-8(15)13(16)18-10(7)6-12-17-9-3-1-2-4-11(9)19-12/h1-5H,6H2,(H2,16,18). The monoisotopic (exact) mass is 309 g/mol. The van der Waals surface area contributed by atoms with Gasteiger partial charge in [-0.05, 0) is 18.2 Å². The number of fused-ring (bicyclic) bond motifs is 1. The third-order valence-electron chi connectivity index (χ3n) is 2.69. The van der Waals surface area contributed by atoms with Gasteiger partial charge in [0.1, 0.15) is 5.82 Å². The van der Waals surface area contributed by atoms with E-state index in [0.29, 0.717) is 28.0 Å². The molecular weight excluding hydrogens is 301 g/mol. The van der Waals surface area contributed by atoms with Crippen molar-refractivity contribution < 1.29 is 0 Å². The molecule has 3 aromatic rings. The number of thiazole rings is 1. The second-order valence-electron chi connectivity index (χ2n) is 4.04. The van der Waals surface area contributed by atoms with Gasteiger partial charge in [0.2, 0.25) is 0 Å². The predicted molar refractivity (Wildman–Crippen MR) is 81.1 cm³/mol. The number of pyridine rings is 1. The Morgan fingerprint density at radius 2 is 1.89 bits per heavy atom. The molecule has 0 aliphatic heterocycles. The van der Waals surface area contributed by atoms with Crippen molar-refractivity contribution in [2.45, 2.75) is 6.42 Å². The van der Waals surface area contributed by atoms with Gasteiger partial charge in [-0.15, -0.1) is 11.3 Å². The summed E-state index contributed by atoms with van der Waals surface area (Å²) in [6.45, 7) is 0. The minimum Gasteiger partial charge on any atom is -0.382 e. The second kappa shape index (κ2) is 4.96. The van der Waals surface area contributed by atoms with Crippen molar-refractivity contribution >= 4 is 50.6 Å². The normalized spacial score (nSPS) is 11.1. The van der Waals surface area contributed by atoms with Gasteiger partial charge in [0.05, 0.1) is 31.0 Å². The molecule has 0 amide bonds. The number of anilines is 1. The molecule has 0 spiro atoms. The van der Waals surface area contributed by atoms with E-state index in [1.54, 1.807) is 17.4 Å². The SMILES string of the molecule is Nc1nc(Cc2nc3ccccc3s2)c(Cl)cc1Cl. The summed E-state index contributed by atoms with van der Waals surface area (Å²) in [6.07, 6.45) is 0.555. The van der Waals surface area contributed by atoms with Crippen LogP contribution in [-0.2, 0) is 6.42 Å². The molecule has 0 bridgehead atoms. The lowest BCUT2D eigenvalue weighted by atomic mass is 10.2. The predicted octanol–water partition coefficient (Wildman–Crippen LogP) is 4.17. The Kier molecular flexibility index (Phi) is 3.31. The van der Waals surface area contributed by atoms with Crippen LogP contribution in [-0.4, -0.2) is 9.97 Å². The molecule has 2 aromatic heterocycles. The van der Waals surface area contributed by atoms with Crippen LogP contribution in [0.25, 0.3) is 10.2 Å². The number of nitrogen functional groups attached to an aromatic ring is 1. The molecule has 6 heteroatoms. The van der Waals surface area contributed by atoms with Crippen LogP contribution in [0.5, 0.6) is 0 Å². The van der Waals surface area contributed by atoms with Crippen LogP contribution < -0.4 is 5.73 Å². The number of halogens is 2. The van der Waals surface area contributed by atoms with E-state index in [0.717, 1.165) is 15.2 Å². The molecule has 0 fully saturated rings. The zero-order valence-corrected chi connectivity index (χ0v) is 12.1. The first-order valence-electron chi connectivity index (χ1n) is 5.58. The molecule has 0 unspecified atom stereocenters. The summed E-state index contributed by atoms with van der Waals surface area (Å²) < 4.78 is 1.15.